The number of H-pyrrole nitrogens is 1. The van der Waals surface area contributed by atoms with Gasteiger partial charge in [-0.1, -0.05) is 0 Å². The summed E-state index contributed by atoms with van der Waals surface area (Å²) in [6.45, 7) is 0.508. The average molecular weight is 353 g/mol. The van der Waals surface area contributed by atoms with Crippen molar-refractivity contribution in [3.8, 4) is 0 Å². The summed E-state index contributed by atoms with van der Waals surface area (Å²) in [7, 11) is -1.77. The molecule has 1 aliphatic rings. The lowest BCUT2D eigenvalue weighted by Crippen LogP contribution is -2.43. The Kier molecular flexibility index (Phi) is 4.51. The number of aromatic nitrogens is 1. The van der Waals surface area contributed by atoms with E-state index in [0.717, 1.165) is 9.21 Å². The Morgan fingerprint density at radius 3 is 2.35 bits per heavy atom. The van der Waals surface area contributed by atoms with Gasteiger partial charge >= 0.3 is 6.18 Å². The average Bonchev–Trinajstić information content (AvgIpc) is 3.03. The summed E-state index contributed by atoms with van der Waals surface area (Å²) in [5.41, 5.74) is 0.839. The first-order chi connectivity index (χ1) is 10.5. The van der Waals surface area contributed by atoms with E-state index in [1.807, 2.05) is 0 Å². The van der Waals surface area contributed by atoms with E-state index in [1.165, 1.54) is 20.3 Å². The van der Waals surface area contributed by atoms with Crippen LogP contribution in [0.15, 0.2) is 12.4 Å². The minimum Gasteiger partial charge on any atom is -0.367 e. The Morgan fingerprint density at radius 2 is 1.91 bits per heavy atom. The SMILES string of the molecule is Cc1c[nH]cc1C(=O)N1C[C@@H](C(F)(F)F)[C@H](S(=O)(=O)N(C)C)C1. The topological polar surface area (TPSA) is 73.5 Å². The van der Waals surface area contributed by atoms with E-state index in [9.17, 15) is 26.4 Å². The Hall–Kier alpha value is -1.55. The fourth-order valence-corrected chi connectivity index (χ4v) is 4.23. The van der Waals surface area contributed by atoms with Gasteiger partial charge in [-0.25, -0.2) is 12.7 Å². The van der Waals surface area contributed by atoms with E-state index in [4.69, 9.17) is 0 Å². The van der Waals surface area contributed by atoms with Crippen LogP contribution < -0.4 is 0 Å². The maximum absolute atomic E-state index is 13.2. The summed E-state index contributed by atoms with van der Waals surface area (Å²) in [6, 6.07) is 0. The zero-order valence-corrected chi connectivity index (χ0v) is 13.7. The van der Waals surface area contributed by atoms with Crippen molar-refractivity contribution < 1.29 is 26.4 Å². The first-order valence-electron chi connectivity index (χ1n) is 6.87. The van der Waals surface area contributed by atoms with E-state index >= 15 is 0 Å². The molecule has 1 saturated heterocycles. The monoisotopic (exact) mass is 353 g/mol. The lowest BCUT2D eigenvalue weighted by molar-refractivity contribution is -0.169. The second kappa shape index (κ2) is 5.82. The van der Waals surface area contributed by atoms with Gasteiger partial charge in [0.1, 0.15) is 5.25 Å². The summed E-state index contributed by atoms with van der Waals surface area (Å²) in [5, 5.41) is -1.69. The molecule has 0 bridgehead atoms. The summed E-state index contributed by atoms with van der Waals surface area (Å²) in [6.07, 6.45) is -1.75. The molecule has 1 aromatic rings. The second-order valence-corrected chi connectivity index (χ2v) is 8.14. The van der Waals surface area contributed by atoms with Crippen LogP contribution in [-0.4, -0.2) is 67.1 Å². The van der Waals surface area contributed by atoms with Crippen LogP contribution in [0.5, 0.6) is 0 Å². The smallest absolute Gasteiger partial charge is 0.367 e. The number of rotatable bonds is 3. The van der Waals surface area contributed by atoms with Crippen LogP contribution in [0.2, 0.25) is 0 Å². The van der Waals surface area contributed by atoms with Crippen LogP contribution in [0.4, 0.5) is 13.2 Å². The number of sulfonamides is 1. The molecule has 0 aromatic carbocycles. The van der Waals surface area contributed by atoms with Crippen LogP contribution in [-0.2, 0) is 10.0 Å². The highest BCUT2D eigenvalue weighted by Gasteiger charge is 2.56. The highest BCUT2D eigenvalue weighted by molar-refractivity contribution is 7.89. The number of alkyl halides is 3. The van der Waals surface area contributed by atoms with Crippen molar-refractivity contribution in [3.05, 3.63) is 23.5 Å². The van der Waals surface area contributed by atoms with E-state index < -0.39 is 46.4 Å². The van der Waals surface area contributed by atoms with Crippen LogP contribution in [0, 0.1) is 12.8 Å². The summed E-state index contributed by atoms with van der Waals surface area (Å²) >= 11 is 0. The molecule has 0 saturated carbocycles. The predicted octanol–water partition coefficient (Wildman–Crippen LogP) is 1.22. The molecule has 1 aromatic heterocycles. The number of hydrogen-bond donors (Lipinski definition) is 1. The quantitative estimate of drug-likeness (QED) is 0.888. The first kappa shape index (κ1) is 17.8. The number of likely N-dealkylation sites (tertiary alicyclic amines) is 1. The Bertz CT molecular complexity index is 697. The van der Waals surface area contributed by atoms with E-state index in [2.05, 4.69) is 4.98 Å². The highest BCUT2D eigenvalue weighted by atomic mass is 32.2. The first-order valence-corrected chi connectivity index (χ1v) is 8.37. The molecule has 1 fully saturated rings. The van der Waals surface area contributed by atoms with Crippen LogP contribution in [0.1, 0.15) is 15.9 Å². The van der Waals surface area contributed by atoms with Gasteiger partial charge in [-0.15, -0.1) is 0 Å². The van der Waals surface area contributed by atoms with Crippen molar-refractivity contribution >= 4 is 15.9 Å². The van der Waals surface area contributed by atoms with Crippen LogP contribution in [0.25, 0.3) is 0 Å². The van der Waals surface area contributed by atoms with Gasteiger partial charge in [-0.05, 0) is 12.5 Å². The third kappa shape index (κ3) is 3.23. The minimum atomic E-state index is -4.70. The molecular formula is C13H18F3N3O3S. The third-order valence-electron chi connectivity index (χ3n) is 4.05. The number of nitrogens with zero attached hydrogens (tertiary/aromatic N) is 2. The number of aryl methyl sites for hydroxylation is 1. The number of halogens is 3. The van der Waals surface area contributed by atoms with Crippen molar-refractivity contribution in [2.45, 2.75) is 18.3 Å². The lowest BCUT2D eigenvalue weighted by Gasteiger charge is -2.23. The number of nitrogens with one attached hydrogen (secondary N) is 1. The highest BCUT2D eigenvalue weighted by Crippen LogP contribution is 2.38. The molecule has 2 rings (SSSR count). The normalized spacial score (nSPS) is 22.8. The van der Waals surface area contributed by atoms with Gasteiger partial charge in [-0.2, -0.15) is 13.2 Å². The minimum absolute atomic E-state index is 0.244. The third-order valence-corrected chi connectivity index (χ3v) is 6.31. The molecule has 0 spiro atoms. The van der Waals surface area contributed by atoms with E-state index in [0.29, 0.717) is 5.56 Å². The maximum Gasteiger partial charge on any atom is 0.394 e. The molecule has 1 amide bonds. The Morgan fingerprint density at radius 1 is 1.30 bits per heavy atom. The van der Waals surface area contributed by atoms with Crippen molar-refractivity contribution in [2.75, 3.05) is 27.2 Å². The molecule has 0 aliphatic carbocycles. The van der Waals surface area contributed by atoms with E-state index in [1.54, 1.807) is 13.1 Å². The predicted molar refractivity (Wildman–Crippen MR) is 77.4 cm³/mol. The fourth-order valence-electron chi connectivity index (χ4n) is 2.67. The van der Waals surface area contributed by atoms with Gasteiger partial charge in [0.05, 0.1) is 11.5 Å². The Labute approximate surface area is 132 Å². The molecule has 1 N–H and O–H groups in total. The van der Waals surface area contributed by atoms with Crippen molar-refractivity contribution in [2.24, 2.45) is 5.92 Å². The molecule has 23 heavy (non-hydrogen) atoms. The van der Waals surface area contributed by atoms with Gasteiger partial charge < -0.3 is 9.88 Å². The molecule has 2 atom stereocenters. The van der Waals surface area contributed by atoms with Gasteiger partial charge in [0, 0.05) is 39.6 Å². The van der Waals surface area contributed by atoms with Crippen molar-refractivity contribution in [1.82, 2.24) is 14.2 Å². The van der Waals surface area contributed by atoms with Crippen LogP contribution in [0.3, 0.4) is 0 Å². The van der Waals surface area contributed by atoms with Gasteiger partial charge in [0.15, 0.2) is 0 Å². The fraction of sp³-hybridized carbons (Fsp3) is 0.615. The molecule has 1 aliphatic heterocycles. The lowest BCUT2D eigenvalue weighted by atomic mass is 10.1. The maximum atomic E-state index is 13.2. The standard InChI is InChI=1S/C13H18F3N3O3S/c1-8-4-17-5-9(8)12(20)19-6-10(13(14,15)16)11(7-19)23(21,22)18(2)3/h4-5,10-11,17H,6-7H2,1-3H3/t10-,11-/m1/s1. The van der Waals surface area contributed by atoms with E-state index in [-0.39, 0.29) is 5.56 Å². The van der Waals surface area contributed by atoms with Gasteiger partial charge in [0.2, 0.25) is 10.0 Å². The molecular weight excluding hydrogens is 335 g/mol. The largest absolute Gasteiger partial charge is 0.394 e. The van der Waals surface area contributed by atoms with Crippen molar-refractivity contribution in [3.63, 3.8) is 0 Å². The van der Waals surface area contributed by atoms with Gasteiger partial charge in [0.25, 0.3) is 5.91 Å². The van der Waals surface area contributed by atoms with Crippen LogP contribution >= 0.6 is 0 Å². The summed E-state index contributed by atoms with van der Waals surface area (Å²) in [4.78, 5) is 16.0. The second-order valence-electron chi connectivity index (χ2n) is 5.78. The summed E-state index contributed by atoms with van der Waals surface area (Å²) < 4.78 is 64.9. The number of aromatic amines is 1. The Balaban J connectivity index is 2.34. The molecule has 2 heterocycles. The molecule has 10 heteroatoms. The molecule has 0 radical (unpaired) electrons. The number of carbonyl (C=O) groups excluding carboxylic acids is 1. The number of amides is 1. The molecule has 6 nitrogen and oxygen atoms in total. The zero-order chi connectivity index (χ0) is 17.6. The number of carbonyl (C=O) groups is 1. The summed E-state index contributed by atoms with van der Waals surface area (Å²) in [5.74, 6) is -2.70. The van der Waals surface area contributed by atoms with Gasteiger partial charge in [-0.3, -0.25) is 4.79 Å². The molecule has 0 unspecified atom stereocenters. The molecule has 130 valence electrons. The zero-order valence-electron chi connectivity index (χ0n) is 12.9. The number of hydrogen-bond acceptors (Lipinski definition) is 3. The van der Waals surface area contributed by atoms with Crippen molar-refractivity contribution in [1.29, 1.82) is 0 Å².